The third-order valence-corrected chi connectivity index (χ3v) is 4.27. The fourth-order valence-corrected chi connectivity index (χ4v) is 2.84. The highest BCUT2D eigenvalue weighted by Gasteiger charge is 2.26. The minimum Gasteiger partial charge on any atom is -0.444 e. The van der Waals surface area contributed by atoms with E-state index in [2.05, 4.69) is 9.88 Å². The molecule has 152 valence electrons. The number of ether oxygens (including phenoxy) is 1. The lowest BCUT2D eigenvalue weighted by atomic mass is 10.2. The number of hydrogen-bond donors (Lipinski definition) is 0. The summed E-state index contributed by atoms with van der Waals surface area (Å²) >= 11 is 5.94. The van der Waals surface area contributed by atoms with Crippen molar-refractivity contribution >= 4 is 23.5 Å². The normalized spacial score (nSPS) is 14.2. The number of halogens is 1. The van der Waals surface area contributed by atoms with E-state index in [1.165, 1.54) is 0 Å². The van der Waals surface area contributed by atoms with Gasteiger partial charge < -0.3 is 14.5 Å². The summed E-state index contributed by atoms with van der Waals surface area (Å²) in [5.74, 6) is 0.807. The molecule has 2 aromatic rings. The van der Waals surface area contributed by atoms with Gasteiger partial charge in [0.1, 0.15) is 11.4 Å². The number of hydrogen-bond acceptors (Lipinski definition) is 5. The van der Waals surface area contributed by atoms with Gasteiger partial charge in [-0.15, -0.1) is 0 Å². The van der Waals surface area contributed by atoms with E-state index in [1.807, 2.05) is 58.9 Å². The molecule has 0 saturated carbocycles. The molecule has 1 aromatic heterocycles. The Morgan fingerprint density at radius 1 is 1.04 bits per heavy atom. The first-order valence-electron chi connectivity index (χ1n) is 9.63. The molecule has 1 aliphatic rings. The second-order valence-corrected chi connectivity index (χ2v) is 7.66. The van der Waals surface area contributed by atoms with Crippen LogP contribution in [0.3, 0.4) is 0 Å². The Bertz CT molecular complexity index is 767. The molecule has 0 aliphatic carbocycles. The molecule has 0 unspecified atom stereocenters. The lowest BCUT2D eigenvalue weighted by Gasteiger charge is -2.36. The lowest BCUT2D eigenvalue weighted by molar-refractivity contribution is 0.0240. The highest BCUT2D eigenvalue weighted by Crippen LogP contribution is 2.22. The number of nitrogens with zero attached hydrogens (tertiary/aromatic N) is 4. The van der Waals surface area contributed by atoms with Gasteiger partial charge in [-0.1, -0.05) is 37.6 Å². The fraction of sp³-hybridized carbons (Fsp3) is 0.476. The molecule has 1 aliphatic heterocycles. The van der Waals surface area contributed by atoms with E-state index in [1.54, 1.807) is 17.3 Å². The average Bonchev–Trinajstić information content (AvgIpc) is 2.69. The molecule has 1 amide bonds. The molecular formula is C21H29ClN4O2. The molecule has 0 N–H and O–H groups in total. The van der Waals surface area contributed by atoms with Gasteiger partial charge in [0.25, 0.3) is 0 Å². The standard InChI is InChI=1S/C19H23ClN4O2.C2H6/c1-19(2,3)26-18(25)24-10-8-23(9-11-24)17-13-21-12-16(22-17)14-4-6-15(20)7-5-14;1-2/h4-7,12-13H,8-11H2,1-3H3;1-2H3. The summed E-state index contributed by atoms with van der Waals surface area (Å²) in [5.41, 5.74) is 1.29. The van der Waals surface area contributed by atoms with Crippen LogP contribution < -0.4 is 4.90 Å². The first-order valence-corrected chi connectivity index (χ1v) is 10.0. The maximum Gasteiger partial charge on any atom is 0.410 e. The summed E-state index contributed by atoms with van der Waals surface area (Å²) in [4.78, 5) is 25.1. The van der Waals surface area contributed by atoms with E-state index in [-0.39, 0.29) is 6.09 Å². The molecule has 6 nitrogen and oxygen atoms in total. The number of rotatable bonds is 2. The molecule has 0 radical (unpaired) electrons. The smallest absolute Gasteiger partial charge is 0.410 e. The van der Waals surface area contributed by atoms with Crippen molar-refractivity contribution in [3.8, 4) is 11.3 Å². The number of aromatic nitrogens is 2. The van der Waals surface area contributed by atoms with Gasteiger partial charge in [0.2, 0.25) is 0 Å². The second kappa shape index (κ2) is 9.73. The van der Waals surface area contributed by atoms with Crippen LogP contribution >= 0.6 is 11.6 Å². The fourth-order valence-electron chi connectivity index (χ4n) is 2.71. The van der Waals surface area contributed by atoms with Gasteiger partial charge in [-0.2, -0.15) is 0 Å². The molecule has 28 heavy (non-hydrogen) atoms. The van der Waals surface area contributed by atoms with Crippen LogP contribution in [0.1, 0.15) is 34.6 Å². The van der Waals surface area contributed by atoms with E-state index >= 15 is 0 Å². The van der Waals surface area contributed by atoms with Crippen molar-refractivity contribution in [2.75, 3.05) is 31.1 Å². The third-order valence-electron chi connectivity index (χ3n) is 4.02. The molecule has 3 rings (SSSR count). The van der Waals surface area contributed by atoms with Gasteiger partial charge in [0.15, 0.2) is 0 Å². The summed E-state index contributed by atoms with van der Waals surface area (Å²) in [6.07, 6.45) is 3.23. The highest BCUT2D eigenvalue weighted by atomic mass is 35.5. The molecular weight excluding hydrogens is 376 g/mol. The Hall–Kier alpha value is -2.34. The van der Waals surface area contributed by atoms with Crippen LogP contribution in [-0.4, -0.2) is 52.7 Å². The van der Waals surface area contributed by atoms with E-state index < -0.39 is 5.60 Å². The van der Waals surface area contributed by atoms with Crippen molar-refractivity contribution in [2.24, 2.45) is 0 Å². The molecule has 1 saturated heterocycles. The SMILES string of the molecule is CC.CC(C)(C)OC(=O)N1CCN(c2cncc(-c3ccc(Cl)cc3)n2)CC1. The van der Waals surface area contributed by atoms with Gasteiger partial charge in [-0.05, 0) is 32.9 Å². The zero-order chi connectivity index (χ0) is 20.7. The average molecular weight is 405 g/mol. The summed E-state index contributed by atoms with van der Waals surface area (Å²) < 4.78 is 5.43. The van der Waals surface area contributed by atoms with Crippen LogP contribution in [-0.2, 0) is 4.74 Å². The topological polar surface area (TPSA) is 58.6 Å². The van der Waals surface area contributed by atoms with Crippen molar-refractivity contribution in [1.82, 2.24) is 14.9 Å². The number of anilines is 1. The zero-order valence-corrected chi connectivity index (χ0v) is 18.0. The molecule has 1 aromatic carbocycles. The first-order chi connectivity index (χ1) is 13.3. The number of carbonyl (C=O) groups excluding carboxylic acids is 1. The van der Waals surface area contributed by atoms with Crippen LogP contribution in [0.2, 0.25) is 5.02 Å². The predicted molar refractivity (Wildman–Crippen MR) is 114 cm³/mol. The van der Waals surface area contributed by atoms with Gasteiger partial charge in [0, 0.05) is 36.8 Å². The molecule has 7 heteroatoms. The Morgan fingerprint density at radius 2 is 1.64 bits per heavy atom. The van der Waals surface area contributed by atoms with E-state index in [4.69, 9.17) is 21.3 Å². The van der Waals surface area contributed by atoms with E-state index in [0.717, 1.165) is 17.1 Å². The maximum absolute atomic E-state index is 12.2. The van der Waals surface area contributed by atoms with Crippen molar-refractivity contribution in [2.45, 2.75) is 40.2 Å². The maximum atomic E-state index is 12.2. The highest BCUT2D eigenvalue weighted by molar-refractivity contribution is 6.30. The van der Waals surface area contributed by atoms with E-state index in [0.29, 0.717) is 31.2 Å². The van der Waals surface area contributed by atoms with Gasteiger partial charge in [0.05, 0.1) is 18.1 Å². The Balaban J connectivity index is 0.00000136. The van der Waals surface area contributed by atoms with Crippen molar-refractivity contribution in [3.05, 3.63) is 41.7 Å². The molecule has 2 heterocycles. The number of amides is 1. The Labute approximate surface area is 172 Å². The lowest BCUT2D eigenvalue weighted by Crippen LogP contribution is -2.50. The quantitative estimate of drug-likeness (QED) is 0.713. The summed E-state index contributed by atoms with van der Waals surface area (Å²) in [7, 11) is 0. The second-order valence-electron chi connectivity index (χ2n) is 7.22. The monoisotopic (exact) mass is 404 g/mol. The van der Waals surface area contributed by atoms with Gasteiger partial charge >= 0.3 is 6.09 Å². The Kier molecular flexibility index (Phi) is 7.63. The molecule has 0 atom stereocenters. The molecule has 0 spiro atoms. The van der Waals surface area contributed by atoms with E-state index in [9.17, 15) is 4.79 Å². The number of benzene rings is 1. The van der Waals surface area contributed by atoms with Crippen LogP contribution in [0.25, 0.3) is 11.3 Å². The van der Waals surface area contributed by atoms with Gasteiger partial charge in [-0.3, -0.25) is 4.98 Å². The number of piperazine rings is 1. The van der Waals surface area contributed by atoms with Crippen molar-refractivity contribution in [3.63, 3.8) is 0 Å². The van der Waals surface area contributed by atoms with Crippen molar-refractivity contribution < 1.29 is 9.53 Å². The minimum absolute atomic E-state index is 0.266. The van der Waals surface area contributed by atoms with Crippen molar-refractivity contribution in [1.29, 1.82) is 0 Å². The van der Waals surface area contributed by atoms with Gasteiger partial charge in [-0.25, -0.2) is 9.78 Å². The van der Waals surface area contributed by atoms with Crippen LogP contribution in [0, 0.1) is 0 Å². The minimum atomic E-state index is -0.480. The largest absolute Gasteiger partial charge is 0.444 e. The first kappa shape index (κ1) is 22.0. The molecule has 1 fully saturated rings. The molecule has 0 bridgehead atoms. The number of carbonyl (C=O) groups is 1. The van der Waals surface area contributed by atoms with Crippen LogP contribution in [0.5, 0.6) is 0 Å². The summed E-state index contributed by atoms with van der Waals surface area (Å²) in [5, 5.41) is 0.691. The van der Waals surface area contributed by atoms with Crippen LogP contribution in [0.15, 0.2) is 36.7 Å². The zero-order valence-electron chi connectivity index (χ0n) is 17.3. The predicted octanol–water partition coefficient (Wildman–Crippen LogP) is 4.88. The summed E-state index contributed by atoms with van der Waals surface area (Å²) in [6.45, 7) is 12.2. The third kappa shape index (κ3) is 6.09. The van der Waals surface area contributed by atoms with Crippen LogP contribution in [0.4, 0.5) is 10.6 Å². The summed E-state index contributed by atoms with van der Waals surface area (Å²) in [6, 6.07) is 7.53. The Morgan fingerprint density at radius 3 is 2.21 bits per heavy atom.